The fourth-order valence-corrected chi connectivity index (χ4v) is 2.06. The van der Waals surface area contributed by atoms with E-state index in [9.17, 15) is 9.59 Å². The van der Waals surface area contributed by atoms with Crippen molar-refractivity contribution in [3.05, 3.63) is 52.2 Å². The summed E-state index contributed by atoms with van der Waals surface area (Å²) in [6.07, 6.45) is 4.52. The van der Waals surface area contributed by atoms with Crippen molar-refractivity contribution in [2.75, 3.05) is 0 Å². The van der Waals surface area contributed by atoms with Gasteiger partial charge >= 0.3 is 5.69 Å². The summed E-state index contributed by atoms with van der Waals surface area (Å²) in [5.41, 5.74) is 2.48. The Morgan fingerprint density at radius 2 is 2.33 bits per heavy atom. The van der Waals surface area contributed by atoms with E-state index in [0.29, 0.717) is 22.7 Å². The number of carbonyl (C=O) groups is 1. The van der Waals surface area contributed by atoms with Crippen LogP contribution in [0.4, 0.5) is 0 Å². The van der Waals surface area contributed by atoms with Crippen LogP contribution in [0.25, 0.3) is 5.65 Å². The summed E-state index contributed by atoms with van der Waals surface area (Å²) in [4.78, 5) is 27.5. The third-order valence-corrected chi connectivity index (χ3v) is 3.04. The molecular weight excluding hydrogens is 276 g/mol. The largest absolute Gasteiger partial charge is 0.464 e. The first-order chi connectivity index (χ1) is 10.1. The number of hydrazine groups is 1. The minimum atomic E-state index is -0.450. The molecular formula is C12H12N6O3. The highest BCUT2D eigenvalue weighted by molar-refractivity contribution is 5.94. The number of furan rings is 1. The van der Waals surface area contributed by atoms with Crippen LogP contribution < -0.4 is 17.0 Å². The Balaban J connectivity index is 1.97. The zero-order valence-corrected chi connectivity index (χ0v) is 11.1. The molecule has 1 amide bonds. The fraction of sp³-hybridized carbons (Fsp3) is 0.167. The van der Waals surface area contributed by atoms with Gasteiger partial charge in [-0.25, -0.2) is 19.7 Å². The van der Waals surface area contributed by atoms with Crippen molar-refractivity contribution < 1.29 is 9.21 Å². The molecule has 21 heavy (non-hydrogen) atoms. The van der Waals surface area contributed by atoms with Crippen molar-refractivity contribution >= 4 is 11.6 Å². The maximum absolute atomic E-state index is 12.1. The molecule has 3 rings (SSSR count). The van der Waals surface area contributed by atoms with Gasteiger partial charge < -0.3 is 4.42 Å². The minimum absolute atomic E-state index is 0.110. The van der Waals surface area contributed by atoms with Gasteiger partial charge in [0.05, 0.1) is 11.8 Å². The second kappa shape index (κ2) is 4.87. The molecule has 3 heterocycles. The van der Waals surface area contributed by atoms with Gasteiger partial charge in [-0.05, 0) is 13.0 Å². The number of fused-ring (bicyclic) bond motifs is 1. The van der Waals surface area contributed by atoms with E-state index < -0.39 is 5.91 Å². The molecule has 9 heteroatoms. The van der Waals surface area contributed by atoms with Gasteiger partial charge in [0.2, 0.25) is 0 Å². The first kappa shape index (κ1) is 13.1. The summed E-state index contributed by atoms with van der Waals surface area (Å²) < 4.78 is 8.06. The van der Waals surface area contributed by atoms with E-state index in [1.807, 2.05) is 5.43 Å². The summed E-state index contributed by atoms with van der Waals surface area (Å²) in [7, 11) is 0. The lowest BCUT2D eigenvalue weighted by Crippen LogP contribution is -2.30. The molecule has 0 unspecified atom stereocenters. The van der Waals surface area contributed by atoms with Crippen molar-refractivity contribution in [2.24, 2.45) is 5.84 Å². The van der Waals surface area contributed by atoms with Crippen molar-refractivity contribution in [3.63, 3.8) is 0 Å². The van der Waals surface area contributed by atoms with Crippen molar-refractivity contribution in [1.29, 1.82) is 0 Å². The molecule has 0 saturated carbocycles. The number of nitrogens with one attached hydrogen (secondary N) is 1. The third kappa shape index (κ3) is 2.19. The van der Waals surface area contributed by atoms with Crippen molar-refractivity contribution in [2.45, 2.75) is 13.5 Å². The molecule has 0 saturated heterocycles. The average molecular weight is 288 g/mol. The number of carbonyl (C=O) groups excluding carboxylic acids is 1. The molecule has 0 spiro atoms. The van der Waals surface area contributed by atoms with Gasteiger partial charge in [0.25, 0.3) is 5.91 Å². The third-order valence-electron chi connectivity index (χ3n) is 3.04. The molecule has 0 aromatic carbocycles. The Hall–Kier alpha value is -2.94. The van der Waals surface area contributed by atoms with Gasteiger partial charge in [-0.3, -0.25) is 15.2 Å². The second-order valence-electron chi connectivity index (χ2n) is 4.40. The number of nitrogens with two attached hydrogens (primary N) is 1. The summed E-state index contributed by atoms with van der Waals surface area (Å²) in [5.74, 6) is 5.50. The fourth-order valence-electron chi connectivity index (χ4n) is 2.06. The van der Waals surface area contributed by atoms with Crippen LogP contribution in [0.2, 0.25) is 0 Å². The molecule has 108 valence electrons. The van der Waals surface area contributed by atoms with E-state index in [0.717, 1.165) is 0 Å². The molecule has 0 fully saturated rings. The quantitative estimate of drug-likeness (QED) is 0.379. The second-order valence-corrected chi connectivity index (χ2v) is 4.40. The maximum atomic E-state index is 12.1. The Morgan fingerprint density at radius 3 is 3.05 bits per heavy atom. The highest BCUT2D eigenvalue weighted by atomic mass is 16.3. The van der Waals surface area contributed by atoms with Gasteiger partial charge in [0.15, 0.2) is 5.65 Å². The maximum Gasteiger partial charge on any atom is 0.350 e. The van der Waals surface area contributed by atoms with E-state index in [-0.39, 0.29) is 12.2 Å². The summed E-state index contributed by atoms with van der Waals surface area (Å²) >= 11 is 0. The number of nitrogen functional groups attached to an aromatic ring is 1. The van der Waals surface area contributed by atoms with Crippen LogP contribution in [0, 0.1) is 6.92 Å². The van der Waals surface area contributed by atoms with Crippen LogP contribution in [0.15, 0.2) is 33.9 Å². The highest BCUT2D eigenvalue weighted by Crippen LogP contribution is 2.15. The van der Waals surface area contributed by atoms with Crippen molar-refractivity contribution in [1.82, 2.24) is 24.6 Å². The van der Waals surface area contributed by atoms with Gasteiger partial charge in [-0.15, -0.1) is 5.10 Å². The Kier molecular flexibility index (Phi) is 3.03. The molecule has 9 nitrogen and oxygen atoms in total. The molecule has 0 radical (unpaired) electrons. The van der Waals surface area contributed by atoms with Crippen molar-refractivity contribution in [3.8, 4) is 0 Å². The average Bonchev–Trinajstić information content (AvgIpc) is 3.00. The Morgan fingerprint density at radius 1 is 1.52 bits per heavy atom. The number of rotatable bonds is 3. The minimum Gasteiger partial charge on any atom is -0.464 e. The van der Waals surface area contributed by atoms with Gasteiger partial charge in [0.1, 0.15) is 18.1 Å². The molecule has 0 aliphatic heterocycles. The summed E-state index contributed by atoms with van der Waals surface area (Å²) in [5, 5.41) is 4.13. The van der Waals surface area contributed by atoms with E-state index in [4.69, 9.17) is 10.3 Å². The Labute approximate surface area is 118 Å². The molecule has 3 aromatic rings. The predicted molar refractivity (Wildman–Crippen MR) is 71.4 cm³/mol. The Bertz CT molecular complexity index is 875. The van der Waals surface area contributed by atoms with Gasteiger partial charge in [-0.2, -0.15) is 0 Å². The monoisotopic (exact) mass is 288 g/mol. The van der Waals surface area contributed by atoms with Crippen LogP contribution in [0.5, 0.6) is 0 Å². The first-order valence-electron chi connectivity index (χ1n) is 6.09. The lowest BCUT2D eigenvalue weighted by molar-refractivity contribution is 0.0952. The molecule has 0 atom stereocenters. The zero-order valence-electron chi connectivity index (χ0n) is 11.1. The topological polar surface area (TPSA) is 120 Å². The van der Waals surface area contributed by atoms with E-state index in [2.05, 4.69) is 10.1 Å². The first-order valence-corrected chi connectivity index (χ1v) is 6.09. The smallest absolute Gasteiger partial charge is 0.350 e. The highest BCUT2D eigenvalue weighted by Gasteiger charge is 2.15. The predicted octanol–water partition coefficient (Wildman–Crippen LogP) is -0.556. The van der Waals surface area contributed by atoms with Gasteiger partial charge in [0, 0.05) is 12.4 Å². The van der Waals surface area contributed by atoms with E-state index >= 15 is 0 Å². The number of aromatic nitrogens is 4. The standard InChI is InChI=1S/C12H12N6O3/c1-7-9(11(19)15-13)4-8(21-7)6-18-12(20)17-3-2-14-5-10(17)16-18/h2-5H,6,13H2,1H3,(H,15,19). The summed E-state index contributed by atoms with van der Waals surface area (Å²) in [6.45, 7) is 1.75. The number of nitrogens with zero attached hydrogens (tertiary/aromatic N) is 4. The number of aryl methyl sites for hydroxylation is 1. The van der Waals surface area contributed by atoms with Crippen LogP contribution in [0.3, 0.4) is 0 Å². The molecule has 0 bridgehead atoms. The SMILES string of the molecule is Cc1oc(Cn2nc3cnccn3c2=O)cc1C(=O)NN. The zero-order chi connectivity index (χ0) is 15.0. The normalized spacial score (nSPS) is 11.0. The molecule has 3 N–H and O–H groups in total. The lowest BCUT2D eigenvalue weighted by Gasteiger charge is -1.94. The summed E-state index contributed by atoms with van der Waals surface area (Å²) in [6, 6.07) is 1.53. The molecule has 0 aliphatic rings. The van der Waals surface area contributed by atoms with Crippen LogP contribution in [-0.2, 0) is 6.54 Å². The number of hydrogen-bond acceptors (Lipinski definition) is 6. The van der Waals surface area contributed by atoms with E-state index in [1.54, 1.807) is 6.92 Å². The number of hydrogen-bond donors (Lipinski definition) is 2. The lowest BCUT2D eigenvalue weighted by atomic mass is 10.2. The van der Waals surface area contributed by atoms with Crippen LogP contribution in [-0.4, -0.2) is 25.1 Å². The molecule has 3 aromatic heterocycles. The van der Waals surface area contributed by atoms with Crippen LogP contribution in [0.1, 0.15) is 21.9 Å². The molecule has 0 aliphatic carbocycles. The number of amides is 1. The van der Waals surface area contributed by atoms with Gasteiger partial charge in [-0.1, -0.05) is 0 Å². The van der Waals surface area contributed by atoms with Crippen LogP contribution >= 0.6 is 0 Å². The van der Waals surface area contributed by atoms with E-state index in [1.165, 1.54) is 33.7 Å².